The molecule has 2 aromatic rings. The molecule has 5 heteroatoms. The SMILES string of the molecule is C[C@@H](Oc1ccc2ccccc2c1)C(=O)N1CCN(C=O)CC1. The van der Waals surface area contributed by atoms with Gasteiger partial charge < -0.3 is 14.5 Å². The Morgan fingerprint density at radius 1 is 1.09 bits per heavy atom. The minimum absolute atomic E-state index is 0.0382. The van der Waals surface area contributed by atoms with Gasteiger partial charge >= 0.3 is 0 Å². The Hall–Kier alpha value is -2.56. The van der Waals surface area contributed by atoms with Crippen LogP contribution in [0.5, 0.6) is 5.75 Å². The van der Waals surface area contributed by atoms with E-state index in [1.165, 1.54) is 0 Å². The molecule has 0 radical (unpaired) electrons. The largest absolute Gasteiger partial charge is 0.481 e. The Labute approximate surface area is 135 Å². The zero-order valence-corrected chi connectivity index (χ0v) is 13.1. The van der Waals surface area contributed by atoms with Crippen LogP contribution in [0.1, 0.15) is 6.92 Å². The molecule has 0 N–H and O–H groups in total. The van der Waals surface area contributed by atoms with Crippen LogP contribution in [-0.4, -0.2) is 54.4 Å². The zero-order chi connectivity index (χ0) is 16.2. The van der Waals surface area contributed by atoms with E-state index in [1.54, 1.807) is 16.7 Å². The summed E-state index contributed by atoms with van der Waals surface area (Å²) in [6.45, 7) is 4.05. The quantitative estimate of drug-likeness (QED) is 0.810. The number of nitrogens with zero attached hydrogens (tertiary/aromatic N) is 2. The van der Waals surface area contributed by atoms with Crippen molar-refractivity contribution in [2.24, 2.45) is 0 Å². The van der Waals surface area contributed by atoms with Gasteiger partial charge in [-0.3, -0.25) is 9.59 Å². The summed E-state index contributed by atoms with van der Waals surface area (Å²) in [7, 11) is 0. The van der Waals surface area contributed by atoms with E-state index in [9.17, 15) is 9.59 Å². The van der Waals surface area contributed by atoms with Crippen molar-refractivity contribution in [1.29, 1.82) is 0 Å². The number of hydrogen-bond donors (Lipinski definition) is 0. The summed E-state index contributed by atoms with van der Waals surface area (Å²) >= 11 is 0. The summed E-state index contributed by atoms with van der Waals surface area (Å²) in [5.74, 6) is 0.653. The number of piperazine rings is 1. The molecule has 5 nitrogen and oxygen atoms in total. The van der Waals surface area contributed by atoms with Crippen molar-refractivity contribution >= 4 is 23.1 Å². The molecule has 23 heavy (non-hydrogen) atoms. The first-order valence-electron chi connectivity index (χ1n) is 7.81. The van der Waals surface area contributed by atoms with Crippen molar-refractivity contribution in [3.05, 3.63) is 42.5 Å². The number of carbonyl (C=O) groups excluding carboxylic acids is 2. The van der Waals surface area contributed by atoms with Crippen molar-refractivity contribution in [2.45, 2.75) is 13.0 Å². The molecule has 2 amide bonds. The molecule has 1 atom stereocenters. The van der Waals surface area contributed by atoms with Crippen LogP contribution in [0.3, 0.4) is 0 Å². The molecule has 0 aliphatic carbocycles. The predicted molar refractivity (Wildman–Crippen MR) is 88.3 cm³/mol. The van der Waals surface area contributed by atoms with Crippen molar-refractivity contribution in [1.82, 2.24) is 9.80 Å². The Morgan fingerprint density at radius 3 is 2.48 bits per heavy atom. The third kappa shape index (κ3) is 3.44. The van der Waals surface area contributed by atoms with E-state index in [0.29, 0.717) is 31.9 Å². The second-order valence-electron chi connectivity index (χ2n) is 5.74. The molecule has 1 aliphatic rings. The van der Waals surface area contributed by atoms with Crippen LogP contribution in [0.15, 0.2) is 42.5 Å². The smallest absolute Gasteiger partial charge is 0.263 e. The summed E-state index contributed by atoms with van der Waals surface area (Å²) in [6.07, 6.45) is 0.288. The van der Waals surface area contributed by atoms with Crippen molar-refractivity contribution in [2.75, 3.05) is 26.2 Å². The number of carbonyl (C=O) groups is 2. The highest BCUT2D eigenvalue weighted by atomic mass is 16.5. The summed E-state index contributed by atoms with van der Waals surface area (Å²) in [4.78, 5) is 26.6. The van der Waals surface area contributed by atoms with E-state index in [2.05, 4.69) is 0 Å². The van der Waals surface area contributed by atoms with Crippen LogP contribution >= 0.6 is 0 Å². The maximum Gasteiger partial charge on any atom is 0.263 e. The van der Waals surface area contributed by atoms with Crippen LogP contribution in [-0.2, 0) is 9.59 Å². The molecule has 0 aromatic heterocycles. The Kier molecular flexibility index (Phi) is 4.46. The fraction of sp³-hybridized carbons (Fsp3) is 0.333. The van der Waals surface area contributed by atoms with Crippen molar-refractivity contribution in [3.8, 4) is 5.75 Å². The number of rotatable bonds is 4. The van der Waals surface area contributed by atoms with Crippen LogP contribution in [0.4, 0.5) is 0 Å². The van der Waals surface area contributed by atoms with Gasteiger partial charge in [0.05, 0.1) is 0 Å². The number of fused-ring (bicyclic) bond motifs is 1. The van der Waals surface area contributed by atoms with Crippen LogP contribution in [0.25, 0.3) is 10.8 Å². The molecule has 3 rings (SSSR count). The number of benzene rings is 2. The highest BCUT2D eigenvalue weighted by Crippen LogP contribution is 2.21. The molecule has 1 aliphatic heterocycles. The molecule has 1 saturated heterocycles. The number of amides is 2. The van der Waals surface area contributed by atoms with Gasteiger partial charge in [0.15, 0.2) is 6.10 Å². The second kappa shape index (κ2) is 6.69. The molecule has 0 unspecified atom stereocenters. The van der Waals surface area contributed by atoms with Gasteiger partial charge in [-0.25, -0.2) is 0 Å². The van der Waals surface area contributed by atoms with Gasteiger partial charge in [-0.2, -0.15) is 0 Å². The summed E-state index contributed by atoms with van der Waals surface area (Å²) in [6, 6.07) is 13.9. The Bertz CT molecular complexity index is 708. The molecule has 1 fully saturated rings. The van der Waals surface area contributed by atoms with Gasteiger partial charge in [-0.05, 0) is 29.8 Å². The maximum atomic E-state index is 12.5. The van der Waals surface area contributed by atoms with E-state index in [1.807, 2.05) is 42.5 Å². The van der Waals surface area contributed by atoms with E-state index in [0.717, 1.165) is 17.2 Å². The standard InChI is InChI=1S/C18H20N2O3/c1-14(18(22)20-10-8-19(13-21)9-11-20)23-17-7-6-15-4-2-3-5-16(15)12-17/h2-7,12-14H,8-11H2,1H3/t14-/m1/s1. The molecule has 0 spiro atoms. The van der Waals surface area contributed by atoms with Gasteiger partial charge in [-0.15, -0.1) is 0 Å². The molecule has 0 bridgehead atoms. The topological polar surface area (TPSA) is 49.9 Å². The molecule has 1 heterocycles. The first-order valence-corrected chi connectivity index (χ1v) is 7.81. The first kappa shape index (κ1) is 15.3. The van der Waals surface area contributed by atoms with E-state index in [-0.39, 0.29) is 5.91 Å². The second-order valence-corrected chi connectivity index (χ2v) is 5.74. The predicted octanol–water partition coefficient (Wildman–Crippen LogP) is 1.91. The molecule has 0 saturated carbocycles. The molecular formula is C18H20N2O3. The number of hydrogen-bond acceptors (Lipinski definition) is 3. The van der Waals surface area contributed by atoms with Gasteiger partial charge in [-0.1, -0.05) is 30.3 Å². The average molecular weight is 312 g/mol. The van der Waals surface area contributed by atoms with Gasteiger partial charge in [0.1, 0.15) is 5.75 Å². The maximum absolute atomic E-state index is 12.5. The summed E-state index contributed by atoms with van der Waals surface area (Å²) in [5, 5.41) is 2.23. The van der Waals surface area contributed by atoms with Crippen LogP contribution in [0.2, 0.25) is 0 Å². The lowest BCUT2D eigenvalue weighted by Crippen LogP contribution is -2.51. The third-order valence-corrected chi connectivity index (χ3v) is 4.16. The highest BCUT2D eigenvalue weighted by molar-refractivity contribution is 5.84. The van der Waals surface area contributed by atoms with Crippen LogP contribution < -0.4 is 4.74 Å². The Balaban J connectivity index is 1.64. The van der Waals surface area contributed by atoms with Gasteiger partial charge in [0.2, 0.25) is 6.41 Å². The minimum Gasteiger partial charge on any atom is -0.481 e. The zero-order valence-electron chi connectivity index (χ0n) is 13.1. The average Bonchev–Trinajstić information content (AvgIpc) is 2.61. The minimum atomic E-state index is -0.543. The third-order valence-electron chi connectivity index (χ3n) is 4.16. The molecule has 2 aromatic carbocycles. The van der Waals surface area contributed by atoms with Crippen molar-refractivity contribution < 1.29 is 14.3 Å². The molecular weight excluding hydrogens is 292 g/mol. The first-order chi connectivity index (χ1) is 11.2. The fourth-order valence-electron chi connectivity index (χ4n) is 2.80. The lowest BCUT2D eigenvalue weighted by Gasteiger charge is -2.34. The van der Waals surface area contributed by atoms with Crippen molar-refractivity contribution in [3.63, 3.8) is 0 Å². The summed E-state index contributed by atoms with van der Waals surface area (Å²) in [5.41, 5.74) is 0. The Morgan fingerprint density at radius 2 is 1.78 bits per heavy atom. The molecule has 120 valence electrons. The lowest BCUT2D eigenvalue weighted by molar-refractivity contribution is -0.141. The van der Waals surface area contributed by atoms with E-state index in [4.69, 9.17) is 4.74 Å². The highest BCUT2D eigenvalue weighted by Gasteiger charge is 2.25. The van der Waals surface area contributed by atoms with Crippen LogP contribution in [0, 0.1) is 0 Å². The monoisotopic (exact) mass is 312 g/mol. The number of ether oxygens (including phenoxy) is 1. The normalized spacial score (nSPS) is 16.2. The van der Waals surface area contributed by atoms with Gasteiger partial charge in [0, 0.05) is 26.2 Å². The van der Waals surface area contributed by atoms with E-state index >= 15 is 0 Å². The lowest BCUT2D eigenvalue weighted by atomic mass is 10.1. The fourth-order valence-corrected chi connectivity index (χ4v) is 2.80. The van der Waals surface area contributed by atoms with E-state index < -0.39 is 6.10 Å². The summed E-state index contributed by atoms with van der Waals surface area (Å²) < 4.78 is 5.82. The van der Waals surface area contributed by atoms with Gasteiger partial charge in [0.25, 0.3) is 5.91 Å².